The van der Waals surface area contributed by atoms with Crippen LogP contribution >= 0.6 is 15.9 Å². The normalized spacial score (nSPS) is 22.6. The molecular weight excluding hydrogens is 334 g/mol. The van der Waals surface area contributed by atoms with Gasteiger partial charge in [-0.3, -0.25) is 15.0 Å². The molecule has 1 aliphatic heterocycles. The molecule has 2 unspecified atom stereocenters. The summed E-state index contributed by atoms with van der Waals surface area (Å²) in [7, 11) is 2.05. The third-order valence-corrected chi connectivity index (χ3v) is 4.61. The summed E-state index contributed by atoms with van der Waals surface area (Å²) < 4.78 is 0.749. The Morgan fingerprint density at radius 3 is 2.95 bits per heavy atom. The Morgan fingerprint density at radius 2 is 2.29 bits per heavy atom. The highest BCUT2D eigenvalue weighted by Crippen LogP contribution is 2.40. The van der Waals surface area contributed by atoms with E-state index in [1.165, 1.54) is 0 Å². The van der Waals surface area contributed by atoms with Gasteiger partial charge in [-0.2, -0.15) is 0 Å². The van der Waals surface area contributed by atoms with Gasteiger partial charge < -0.3 is 5.32 Å². The molecule has 1 aromatic rings. The molecule has 0 radical (unpaired) electrons. The van der Waals surface area contributed by atoms with Gasteiger partial charge in [0.2, 0.25) is 0 Å². The van der Waals surface area contributed by atoms with Crippen LogP contribution in [0.2, 0.25) is 0 Å². The molecule has 1 aliphatic rings. The molecule has 2 atom stereocenters. The molecule has 0 aromatic heterocycles. The monoisotopic (exact) mass is 355 g/mol. The fourth-order valence-electron chi connectivity index (χ4n) is 3.12. The lowest BCUT2D eigenvalue weighted by molar-refractivity contribution is -0.386. The molecule has 116 valence electrons. The minimum absolute atomic E-state index is 0.114. The Bertz CT molecular complexity index is 510. The number of hydrogen-bond acceptors (Lipinski definition) is 4. The molecule has 0 saturated carbocycles. The predicted molar refractivity (Wildman–Crippen MR) is 87.4 cm³/mol. The lowest BCUT2D eigenvalue weighted by Gasteiger charge is -2.25. The standard InChI is InChI=1S/C15H22BrN3O2/c1-3-7-17-10-11-6-8-18(2)15(11)13-5-4-12(16)9-14(13)19(20)21/h4-5,9,11,15,17H,3,6-8,10H2,1-2H3. The molecule has 0 amide bonds. The van der Waals surface area contributed by atoms with Crippen LogP contribution in [0.3, 0.4) is 0 Å². The average molecular weight is 356 g/mol. The van der Waals surface area contributed by atoms with E-state index in [0.29, 0.717) is 5.92 Å². The summed E-state index contributed by atoms with van der Waals surface area (Å²) in [5, 5.41) is 14.8. The summed E-state index contributed by atoms with van der Waals surface area (Å²) in [4.78, 5) is 13.3. The molecule has 5 nitrogen and oxygen atoms in total. The van der Waals surface area contributed by atoms with Crippen LogP contribution in [0.4, 0.5) is 5.69 Å². The van der Waals surface area contributed by atoms with E-state index in [-0.39, 0.29) is 16.7 Å². The number of nitrogens with one attached hydrogen (secondary N) is 1. The summed E-state index contributed by atoms with van der Waals surface area (Å²) in [6.07, 6.45) is 2.18. The van der Waals surface area contributed by atoms with Gasteiger partial charge in [-0.05, 0) is 57.6 Å². The smallest absolute Gasteiger partial charge is 0.275 e. The number of nitrogens with zero attached hydrogens (tertiary/aromatic N) is 2. The van der Waals surface area contributed by atoms with Crippen molar-refractivity contribution in [1.29, 1.82) is 0 Å². The quantitative estimate of drug-likeness (QED) is 0.483. The third kappa shape index (κ3) is 3.81. The lowest BCUT2D eigenvalue weighted by Crippen LogP contribution is -2.29. The van der Waals surface area contributed by atoms with Crippen molar-refractivity contribution in [3.63, 3.8) is 0 Å². The number of rotatable bonds is 6. The zero-order valence-corrected chi connectivity index (χ0v) is 14.1. The second-order valence-corrected chi connectivity index (χ2v) is 6.55. The SMILES string of the molecule is CCCNCC1CCN(C)C1c1ccc(Br)cc1[N+](=O)[O-]. The van der Waals surface area contributed by atoms with E-state index in [1.807, 2.05) is 12.1 Å². The number of hydrogen-bond donors (Lipinski definition) is 1. The van der Waals surface area contributed by atoms with E-state index in [0.717, 1.165) is 42.5 Å². The lowest BCUT2D eigenvalue weighted by atomic mass is 9.92. The van der Waals surface area contributed by atoms with E-state index in [1.54, 1.807) is 6.07 Å². The van der Waals surface area contributed by atoms with Crippen molar-refractivity contribution in [3.05, 3.63) is 38.3 Å². The molecule has 1 saturated heterocycles. The third-order valence-electron chi connectivity index (χ3n) is 4.12. The van der Waals surface area contributed by atoms with Gasteiger partial charge in [0.15, 0.2) is 0 Å². The molecule has 1 N–H and O–H groups in total. The number of nitro benzene ring substituents is 1. The predicted octanol–water partition coefficient (Wildman–Crippen LogP) is 3.35. The second kappa shape index (κ2) is 7.33. The first-order valence-electron chi connectivity index (χ1n) is 7.39. The highest BCUT2D eigenvalue weighted by molar-refractivity contribution is 9.10. The maximum atomic E-state index is 11.4. The molecule has 0 bridgehead atoms. The molecular formula is C15H22BrN3O2. The van der Waals surface area contributed by atoms with Crippen molar-refractivity contribution in [2.75, 3.05) is 26.7 Å². The Kier molecular flexibility index (Phi) is 5.72. The minimum Gasteiger partial charge on any atom is -0.316 e. The van der Waals surface area contributed by atoms with E-state index < -0.39 is 0 Å². The molecule has 1 heterocycles. The minimum atomic E-state index is -0.275. The largest absolute Gasteiger partial charge is 0.316 e. The summed E-state index contributed by atoms with van der Waals surface area (Å²) in [6.45, 7) is 5.03. The zero-order chi connectivity index (χ0) is 15.4. The van der Waals surface area contributed by atoms with Gasteiger partial charge in [-0.1, -0.05) is 22.9 Å². The zero-order valence-electron chi connectivity index (χ0n) is 12.5. The van der Waals surface area contributed by atoms with E-state index >= 15 is 0 Å². The van der Waals surface area contributed by atoms with Crippen molar-refractivity contribution in [3.8, 4) is 0 Å². The highest BCUT2D eigenvalue weighted by Gasteiger charge is 2.36. The molecule has 0 aliphatic carbocycles. The first-order valence-corrected chi connectivity index (χ1v) is 8.18. The van der Waals surface area contributed by atoms with E-state index in [9.17, 15) is 10.1 Å². The van der Waals surface area contributed by atoms with Crippen LogP contribution in [0.1, 0.15) is 31.4 Å². The van der Waals surface area contributed by atoms with Crippen molar-refractivity contribution >= 4 is 21.6 Å². The van der Waals surface area contributed by atoms with Crippen LogP contribution < -0.4 is 5.32 Å². The molecule has 21 heavy (non-hydrogen) atoms. The summed E-state index contributed by atoms with van der Waals surface area (Å²) in [5.41, 5.74) is 1.04. The van der Waals surface area contributed by atoms with Crippen LogP contribution in [0.5, 0.6) is 0 Å². The Balaban J connectivity index is 2.27. The molecule has 0 spiro atoms. The fourth-order valence-corrected chi connectivity index (χ4v) is 3.47. The van der Waals surface area contributed by atoms with Gasteiger partial charge in [0.25, 0.3) is 5.69 Å². The van der Waals surface area contributed by atoms with Gasteiger partial charge in [0.1, 0.15) is 0 Å². The number of halogens is 1. The topological polar surface area (TPSA) is 58.4 Å². The van der Waals surface area contributed by atoms with E-state index in [2.05, 4.69) is 40.1 Å². The number of nitro groups is 1. The molecule has 6 heteroatoms. The van der Waals surface area contributed by atoms with Crippen LogP contribution in [-0.4, -0.2) is 36.5 Å². The van der Waals surface area contributed by atoms with Crippen molar-refractivity contribution in [2.24, 2.45) is 5.92 Å². The first-order chi connectivity index (χ1) is 10.0. The maximum Gasteiger partial charge on any atom is 0.275 e. The van der Waals surface area contributed by atoms with Gasteiger partial charge in [0.05, 0.1) is 4.92 Å². The maximum absolute atomic E-state index is 11.4. The summed E-state index contributed by atoms with van der Waals surface area (Å²) >= 11 is 3.32. The Labute approximate surface area is 134 Å². The Hall–Kier alpha value is -0.980. The van der Waals surface area contributed by atoms with Crippen LogP contribution in [-0.2, 0) is 0 Å². The van der Waals surface area contributed by atoms with Crippen LogP contribution in [0, 0.1) is 16.0 Å². The molecule has 1 aromatic carbocycles. The molecule has 2 rings (SSSR count). The summed E-state index contributed by atoms with van der Waals surface area (Å²) in [5.74, 6) is 0.418. The van der Waals surface area contributed by atoms with Crippen molar-refractivity contribution in [2.45, 2.75) is 25.8 Å². The number of benzene rings is 1. The second-order valence-electron chi connectivity index (χ2n) is 5.64. The van der Waals surface area contributed by atoms with Crippen LogP contribution in [0.25, 0.3) is 0 Å². The number of likely N-dealkylation sites (tertiary alicyclic amines) is 1. The summed E-state index contributed by atoms with van der Waals surface area (Å²) in [6, 6.07) is 5.51. The molecule has 1 fully saturated rings. The van der Waals surface area contributed by atoms with Gasteiger partial charge in [-0.15, -0.1) is 0 Å². The van der Waals surface area contributed by atoms with E-state index in [4.69, 9.17) is 0 Å². The average Bonchev–Trinajstić information content (AvgIpc) is 2.80. The van der Waals surface area contributed by atoms with Gasteiger partial charge in [-0.25, -0.2) is 0 Å². The Morgan fingerprint density at radius 1 is 1.52 bits per heavy atom. The highest BCUT2D eigenvalue weighted by atomic mass is 79.9. The van der Waals surface area contributed by atoms with Crippen molar-refractivity contribution < 1.29 is 4.92 Å². The van der Waals surface area contributed by atoms with Gasteiger partial charge >= 0.3 is 0 Å². The van der Waals surface area contributed by atoms with Gasteiger partial charge in [0, 0.05) is 22.1 Å². The van der Waals surface area contributed by atoms with Crippen LogP contribution in [0.15, 0.2) is 22.7 Å². The first kappa shape index (κ1) is 16.4. The van der Waals surface area contributed by atoms with Crippen molar-refractivity contribution in [1.82, 2.24) is 10.2 Å². The fraction of sp³-hybridized carbons (Fsp3) is 0.600.